The van der Waals surface area contributed by atoms with E-state index in [1.165, 1.54) is 0 Å². The van der Waals surface area contributed by atoms with Crippen LogP contribution in [-0.4, -0.2) is 12.3 Å². The molecule has 0 radical (unpaired) electrons. The van der Waals surface area contributed by atoms with E-state index in [0.717, 1.165) is 11.1 Å². The number of rotatable bonds is 3. The summed E-state index contributed by atoms with van der Waals surface area (Å²) >= 11 is 0. The van der Waals surface area contributed by atoms with Crippen LogP contribution in [0.3, 0.4) is 0 Å². The molecule has 0 aliphatic carbocycles. The number of ketones is 1. The van der Waals surface area contributed by atoms with E-state index in [-0.39, 0.29) is 24.7 Å². The number of Topliss-reactive ketones (excluding diaryl/α,β-unsaturated/α-hetero) is 1. The van der Waals surface area contributed by atoms with Crippen LogP contribution in [0.2, 0.25) is 0 Å². The molecule has 0 spiro atoms. The van der Waals surface area contributed by atoms with E-state index in [9.17, 15) is 4.79 Å². The summed E-state index contributed by atoms with van der Waals surface area (Å²) in [5, 5.41) is 0. The van der Waals surface area contributed by atoms with Crippen LogP contribution in [0.5, 0.6) is 0 Å². The molecule has 2 aromatic carbocycles. The van der Waals surface area contributed by atoms with Gasteiger partial charge in [-0.05, 0) is 11.1 Å². The lowest BCUT2D eigenvalue weighted by Crippen LogP contribution is -2.13. The molecule has 3 heteroatoms. The van der Waals surface area contributed by atoms with Crippen molar-refractivity contribution >= 4 is 18.2 Å². The lowest BCUT2D eigenvalue weighted by Gasteiger charge is -2.02. The Morgan fingerprint density at radius 3 is 1.94 bits per heavy atom. The molecule has 0 aliphatic heterocycles. The topological polar surface area (TPSA) is 43.1 Å². The van der Waals surface area contributed by atoms with Crippen LogP contribution in [0.4, 0.5) is 0 Å². The molecule has 0 unspecified atom stereocenters. The van der Waals surface area contributed by atoms with Gasteiger partial charge in [0.15, 0.2) is 5.78 Å². The number of carbonyl (C=O) groups is 1. The maximum absolute atomic E-state index is 11.3. The van der Waals surface area contributed by atoms with Gasteiger partial charge in [-0.3, -0.25) is 4.79 Å². The third kappa shape index (κ3) is 3.16. The number of carbonyl (C=O) groups excluding carboxylic acids is 1. The molecule has 17 heavy (non-hydrogen) atoms. The monoisotopic (exact) mass is 247 g/mol. The third-order valence-electron chi connectivity index (χ3n) is 2.50. The highest BCUT2D eigenvalue weighted by Gasteiger charge is 2.03. The van der Waals surface area contributed by atoms with E-state index in [4.69, 9.17) is 5.73 Å². The summed E-state index contributed by atoms with van der Waals surface area (Å²) in [6, 6.07) is 17.6. The molecule has 0 bridgehead atoms. The first-order valence-corrected chi connectivity index (χ1v) is 5.20. The minimum atomic E-state index is -0.0281. The Kier molecular flexibility index (Phi) is 4.88. The van der Waals surface area contributed by atoms with Crippen molar-refractivity contribution in [2.45, 2.75) is 0 Å². The number of benzene rings is 2. The van der Waals surface area contributed by atoms with E-state index in [0.29, 0.717) is 5.56 Å². The Hall–Kier alpha value is -1.64. The fourth-order valence-corrected chi connectivity index (χ4v) is 1.60. The highest BCUT2D eigenvalue weighted by molar-refractivity contribution is 5.97. The Labute approximate surface area is 107 Å². The van der Waals surface area contributed by atoms with Gasteiger partial charge in [0.25, 0.3) is 0 Å². The molecule has 0 heterocycles. The summed E-state index contributed by atoms with van der Waals surface area (Å²) in [7, 11) is 0. The van der Waals surface area contributed by atoms with Crippen molar-refractivity contribution in [3.63, 3.8) is 0 Å². The minimum Gasteiger partial charge on any atom is -0.324 e. The van der Waals surface area contributed by atoms with Crippen LogP contribution in [-0.2, 0) is 0 Å². The zero-order valence-corrected chi connectivity index (χ0v) is 10.1. The number of halogens is 1. The first kappa shape index (κ1) is 13.4. The summed E-state index contributed by atoms with van der Waals surface area (Å²) in [4.78, 5) is 11.3. The van der Waals surface area contributed by atoms with Crippen LogP contribution in [0.15, 0.2) is 54.6 Å². The van der Waals surface area contributed by atoms with E-state index in [1.54, 1.807) is 0 Å². The zero-order valence-electron chi connectivity index (χ0n) is 9.30. The summed E-state index contributed by atoms with van der Waals surface area (Å²) in [6.45, 7) is 0.0602. The van der Waals surface area contributed by atoms with E-state index >= 15 is 0 Å². The standard InChI is InChI=1S/C14H13NO.ClH/c15-10-14(16)13-8-6-12(7-9-13)11-4-2-1-3-5-11;/h1-9H,10,15H2;1H. The Morgan fingerprint density at radius 2 is 1.41 bits per heavy atom. The number of hydrogen-bond donors (Lipinski definition) is 1. The SMILES string of the molecule is Cl.NCC(=O)c1ccc(-c2ccccc2)cc1. The Balaban J connectivity index is 0.00000144. The average molecular weight is 248 g/mol. The van der Waals surface area contributed by atoms with Crippen molar-refractivity contribution in [3.05, 3.63) is 60.2 Å². The van der Waals surface area contributed by atoms with Crippen LogP contribution in [0.25, 0.3) is 11.1 Å². The molecule has 88 valence electrons. The molecule has 0 fully saturated rings. The molecule has 0 saturated carbocycles. The van der Waals surface area contributed by atoms with E-state index < -0.39 is 0 Å². The van der Waals surface area contributed by atoms with Gasteiger partial charge in [0.2, 0.25) is 0 Å². The fraction of sp³-hybridized carbons (Fsp3) is 0.0714. The first-order valence-electron chi connectivity index (χ1n) is 5.20. The first-order chi connectivity index (χ1) is 7.81. The second-order valence-electron chi connectivity index (χ2n) is 3.57. The maximum Gasteiger partial charge on any atom is 0.176 e. The molecule has 0 saturated heterocycles. The Morgan fingerprint density at radius 1 is 0.882 bits per heavy atom. The van der Waals surface area contributed by atoms with Gasteiger partial charge in [-0.25, -0.2) is 0 Å². The van der Waals surface area contributed by atoms with Crippen LogP contribution < -0.4 is 5.73 Å². The van der Waals surface area contributed by atoms with Gasteiger partial charge in [-0.2, -0.15) is 0 Å². The van der Waals surface area contributed by atoms with Gasteiger partial charge in [-0.1, -0.05) is 54.6 Å². The third-order valence-corrected chi connectivity index (χ3v) is 2.50. The minimum absolute atomic E-state index is 0. The predicted molar refractivity (Wildman–Crippen MR) is 72.5 cm³/mol. The van der Waals surface area contributed by atoms with Crippen LogP contribution >= 0.6 is 12.4 Å². The van der Waals surface area contributed by atoms with Crippen molar-refractivity contribution in [1.29, 1.82) is 0 Å². The molecule has 2 nitrogen and oxygen atoms in total. The summed E-state index contributed by atoms with van der Waals surface area (Å²) in [5.74, 6) is -0.0281. The fourth-order valence-electron chi connectivity index (χ4n) is 1.60. The van der Waals surface area contributed by atoms with E-state index in [2.05, 4.69) is 0 Å². The molecule has 0 aliphatic rings. The molecule has 0 atom stereocenters. The second-order valence-corrected chi connectivity index (χ2v) is 3.57. The molecular weight excluding hydrogens is 234 g/mol. The van der Waals surface area contributed by atoms with Gasteiger partial charge in [-0.15, -0.1) is 12.4 Å². The largest absolute Gasteiger partial charge is 0.324 e. The molecule has 2 N–H and O–H groups in total. The van der Waals surface area contributed by atoms with Crippen LogP contribution in [0, 0.1) is 0 Å². The lowest BCUT2D eigenvalue weighted by atomic mass is 10.0. The molecule has 0 aromatic heterocycles. The van der Waals surface area contributed by atoms with Gasteiger partial charge < -0.3 is 5.73 Å². The highest BCUT2D eigenvalue weighted by Crippen LogP contribution is 2.19. The smallest absolute Gasteiger partial charge is 0.176 e. The average Bonchev–Trinajstić information content (AvgIpc) is 2.39. The van der Waals surface area contributed by atoms with E-state index in [1.807, 2.05) is 54.6 Å². The maximum atomic E-state index is 11.3. The summed E-state index contributed by atoms with van der Waals surface area (Å²) < 4.78 is 0. The van der Waals surface area contributed by atoms with Gasteiger partial charge >= 0.3 is 0 Å². The molecule has 2 aromatic rings. The van der Waals surface area contributed by atoms with Crippen molar-refractivity contribution in [2.75, 3.05) is 6.54 Å². The predicted octanol–water partition coefficient (Wildman–Crippen LogP) is 2.92. The van der Waals surface area contributed by atoms with Gasteiger partial charge in [0.1, 0.15) is 0 Å². The van der Waals surface area contributed by atoms with Crippen LogP contribution in [0.1, 0.15) is 10.4 Å². The van der Waals surface area contributed by atoms with Crippen molar-refractivity contribution < 1.29 is 4.79 Å². The van der Waals surface area contributed by atoms with Crippen molar-refractivity contribution in [3.8, 4) is 11.1 Å². The molecular formula is C14H14ClNO. The summed E-state index contributed by atoms with van der Waals surface area (Å²) in [6.07, 6.45) is 0. The Bertz CT molecular complexity index is 479. The highest BCUT2D eigenvalue weighted by atomic mass is 35.5. The quantitative estimate of drug-likeness (QED) is 0.848. The lowest BCUT2D eigenvalue weighted by molar-refractivity contribution is 0.100. The zero-order chi connectivity index (χ0) is 11.4. The van der Waals surface area contributed by atoms with Crippen molar-refractivity contribution in [1.82, 2.24) is 0 Å². The number of nitrogens with two attached hydrogens (primary N) is 1. The second kappa shape index (κ2) is 6.18. The van der Waals surface area contributed by atoms with Gasteiger partial charge in [0, 0.05) is 5.56 Å². The molecule has 0 amide bonds. The van der Waals surface area contributed by atoms with Crippen molar-refractivity contribution in [2.24, 2.45) is 5.73 Å². The number of hydrogen-bond acceptors (Lipinski definition) is 2. The summed E-state index contributed by atoms with van der Waals surface area (Å²) in [5.41, 5.74) is 8.23. The normalized spacial score (nSPS) is 9.47. The van der Waals surface area contributed by atoms with Gasteiger partial charge in [0.05, 0.1) is 6.54 Å². The molecule has 2 rings (SSSR count).